The molecule has 0 radical (unpaired) electrons. The first-order valence-corrected chi connectivity index (χ1v) is 6.91. The number of benzene rings is 2. The number of ether oxygens (including phenoxy) is 2. The molecule has 0 atom stereocenters. The lowest BCUT2D eigenvalue weighted by atomic mass is 10.1. The normalized spacial score (nSPS) is 10.0. The summed E-state index contributed by atoms with van der Waals surface area (Å²) in [7, 11) is 1.55. The molecule has 1 N–H and O–H groups in total. The predicted octanol–water partition coefficient (Wildman–Crippen LogP) is 3.25. The van der Waals surface area contributed by atoms with Gasteiger partial charge in [0, 0.05) is 17.8 Å². The van der Waals surface area contributed by atoms with Gasteiger partial charge >= 0.3 is 0 Å². The smallest absolute Gasteiger partial charge is 0.270 e. The second-order valence-corrected chi connectivity index (χ2v) is 4.55. The quantitative estimate of drug-likeness (QED) is 0.652. The Morgan fingerprint density at radius 1 is 1.22 bits per heavy atom. The molecule has 0 unspecified atom stereocenters. The molecule has 0 saturated carbocycles. The molecular weight excluding hydrogens is 300 g/mol. The van der Waals surface area contributed by atoms with Gasteiger partial charge in [0.05, 0.1) is 24.2 Å². The van der Waals surface area contributed by atoms with Crippen LogP contribution in [0.25, 0.3) is 0 Å². The zero-order valence-electron chi connectivity index (χ0n) is 12.7. The number of carbonyl (C=O) groups excluding carboxylic acids is 1. The van der Waals surface area contributed by atoms with E-state index < -0.39 is 10.8 Å². The van der Waals surface area contributed by atoms with Gasteiger partial charge in [-0.3, -0.25) is 14.9 Å². The van der Waals surface area contributed by atoms with Gasteiger partial charge in [-0.15, -0.1) is 0 Å². The van der Waals surface area contributed by atoms with E-state index in [0.717, 1.165) is 0 Å². The highest BCUT2D eigenvalue weighted by Gasteiger charge is 2.18. The van der Waals surface area contributed by atoms with E-state index in [1.165, 1.54) is 18.2 Å². The largest absolute Gasteiger partial charge is 0.497 e. The van der Waals surface area contributed by atoms with Crippen molar-refractivity contribution >= 4 is 17.3 Å². The summed E-state index contributed by atoms with van der Waals surface area (Å²) >= 11 is 0. The van der Waals surface area contributed by atoms with Crippen LogP contribution < -0.4 is 14.8 Å². The molecule has 0 bridgehead atoms. The predicted molar refractivity (Wildman–Crippen MR) is 85.2 cm³/mol. The fourth-order valence-corrected chi connectivity index (χ4v) is 1.96. The van der Waals surface area contributed by atoms with Gasteiger partial charge in [-0.05, 0) is 37.3 Å². The summed E-state index contributed by atoms with van der Waals surface area (Å²) < 4.78 is 10.4. The third-order valence-electron chi connectivity index (χ3n) is 3.07. The van der Waals surface area contributed by atoms with E-state index in [0.29, 0.717) is 23.8 Å². The van der Waals surface area contributed by atoms with E-state index in [4.69, 9.17) is 9.47 Å². The van der Waals surface area contributed by atoms with E-state index >= 15 is 0 Å². The Morgan fingerprint density at radius 3 is 2.48 bits per heavy atom. The number of anilines is 1. The first kappa shape index (κ1) is 16.3. The number of nitrogens with one attached hydrogen (secondary N) is 1. The summed E-state index contributed by atoms with van der Waals surface area (Å²) in [6.45, 7) is 2.12. The number of non-ortho nitro benzene ring substituents is 1. The Bertz CT molecular complexity index is 713. The number of nitro benzene ring substituents is 1. The van der Waals surface area contributed by atoms with Gasteiger partial charge in [0.25, 0.3) is 11.6 Å². The van der Waals surface area contributed by atoms with E-state index in [-0.39, 0.29) is 11.3 Å². The molecule has 2 aromatic carbocycles. The molecule has 1 amide bonds. The Kier molecular flexibility index (Phi) is 5.14. The number of rotatable bonds is 6. The van der Waals surface area contributed by atoms with Crippen LogP contribution in [0.15, 0.2) is 42.5 Å². The van der Waals surface area contributed by atoms with Crippen LogP contribution in [0.2, 0.25) is 0 Å². The summed E-state index contributed by atoms with van der Waals surface area (Å²) in [6.07, 6.45) is 0. The Labute approximate surface area is 133 Å². The lowest BCUT2D eigenvalue weighted by Crippen LogP contribution is -2.14. The number of nitrogens with zero attached hydrogens (tertiary/aromatic N) is 1. The van der Waals surface area contributed by atoms with Gasteiger partial charge in [0.15, 0.2) is 0 Å². The summed E-state index contributed by atoms with van der Waals surface area (Å²) in [5.41, 5.74) is 0.481. The highest BCUT2D eigenvalue weighted by molar-refractivity contribution is 6.06. The topological polar surface area (TPSA) is 90.7 Å². The average molecular weight is 316 g/mol. The maximum Gasteiger partial charge on any atom is 0.270 e. The second-order valence-electron chi connectivity index (χ2n) is 4.55. The van der Waals surface area contributed by atoms with Gasteiger partial charge in [-0.1, -0.05) is 0 Å². The molecule has 0 aromatic heterocycles. The highest BCUT2D eigenvalue weighted by atomic mass is 16.6. The van der Waals surface area contributed by atoms with Gasteiger partial charge in [-0.2, -0.15) is 0 Å². The molecule has 0 saturated heterocycles. The lowest BCUT2D eigenvalue weighted by Gasteiger charge is -2.11. The first-order chi connectivity index (χ1) is 11.0. The minimum absolute atomic E-state index is 0.108. The maximum atomic E-state index is 12.4. The van der Waals surface area contributed by atoms with Crippen molar-refractivity contribution in [2.75, 3.05) is 19.0 Å². The van der Waals surface area contributed by atoms with Gasteiger partial charge < -0.3 is 14.8 Å². The van der Waals surface area contributed by atoms with Crippen LogP contribution in [0.5, 0.6) is 11.5 Å². The van der Waals surface area contributed by atoms with Crippen molar-refractivity contribution in [3.05, 3.63) is 58.1 Å². The molecule has 2 aromatic rings. The van der Waals surface area contributed by atoms with Crippen LogP contribution in [0, 0.1) is 10.1 Å². The molecule has 0 fully saturated rings. The summed E-state index contributed by atoms with van der Waals surface area (Å²) in [4.78, 5) is 22.7. The third-order valence-corrected chi connectivity index (χ3v) is 3.07. The van der Waals surface area contributed by atoms with Crippen LogP contribution in [-0.4, -0.2) is 24.5 Å². The minimum Gasteiger partial charge on any atom is -0.497 e. The van der Waals surface area contributed by atoms with Crippen molar-refractivity contribution in [3.8, 4) is 11.5 Å². The summed E-state index contributed by atoms with van der Waals surface area (Å²) in [5, 5.41) is 13.6. The fourth-order valence-electron chi connectivity index (χ4n) is 1.96. The van der Waals surface area contributed by atoms with Crippen molar-refractivity contribution in [3.63, 3.8) is 0 Å². The maximum absolute atomic E-state index is 12.4. The van der Waals surface area contributed by atoms with Crippen LogP contribution in [0.1, 0.15) is 17.3 Å². The Morgan fingerprint density at radius 2 is 1.91 bits per heavy atom. The van der Waals surface area contributed by atoms with Gasteiger partial charge in [-0.25, -0.2) is 0 Å². The van der Waals surface area contributed by atoms with E-state index in [1.807, 2.05) is 0 Å². The van der Waals surface area contributed by atoms with Crippen molar-refractivity contribution in [2.45, 2.75) is 6.92 Å². The summed E-state index contributed by atoms with van der Waals surface area (Å²) in [5.74, 6) is 0.472. The molecule has 2 rings (SSSR count). The van der Waals surface area contributed by atoms with Crippen molar-refractivity contribution < 1.29 is 19.2 Å². The van der Waals surface area contributed by atoms with Crippen LogP contribution in [-0.2, 0) is 0 Å². The highest BCUT2D eigenvalue weighted by Crippen LogP contribution is 2.25. The van der Waals surface area contributed by atoms with Crippen molar-refractivity contribution in [1.29, 1.82) is 0 Å². The monoisotopic (exact) mass is 316 g/mol. The zero-order chi connectivity index (χ0) is 16.8. The Hall–Kier alpha value is -3.09. The Balaban J connectivity index is 2.28. The molecule has 7 nitrogen and oxygen atoms in total. The van der Waals surface area contributed by atoms with Crippen LogP contribution >= 0.6 is 0 Å². The third kappa shape index (κ3) is 3.97. The number of hydrogen-bond donors (Lipinski definition) is 1. The molecule has 120 valence electrons. The molecule has 0 heterocycles. The minimum atomic E-state index is -0.556. The van der Waals surface area contributed by atoms with E-state index in [1.54, 1.807) is 38.3 Å². The first-order valence-electron chi connectivity index (χ1n) is 6.91. The van der Waals surface area contributed by atoms with Gasteiger partial charge in [0.1, 0.15) is 11.5 Å². The van der Waals surface area contributed by atoms with E-state index in [2.05, 4.69) is 5.32 Å². The zero-order valence-corrected chi connectivity index (χ0v) is 12.7. The number of nitro groups is 1. The lowest BCUT2D eigenvalue weighted by molar-refractivity contribution is -0.384. The molecule has 0 aliphatic carbocycles. The molecule has 0 aliphatic rings. The standard InChI is InChI=1S/C16H16N2O5/c1-3-23-15-9-6-12(18(20)21)10-14(15)16(19)17-11-4-7-13(22-2)8-5-11/h4-10H,3H2,1-2H3,(H,17,19). The van der Waals surface area contributed by atoms with Crippen LogP contribution in [0.3, 0.4) is 0 Å². The van der Waals surface area contributed by atoms with E-state index in [9.17, 15) is 14.9 Å². The number of hydrogen-bond acceptors (Lipinski definition) is 5. The number of carbonyl (C=O) groups is 1. The molecule has 0 spiro atoms. The molecule has 0 aliphatic heterocycles. The molecule has 23 heavy (non-hydrogen) atoms. The van der Waals surface area contributed by atoms with Crippen molar-refractivity contribution in [1.82, 2.24) is 0 Å². The van der Waals surface area contributed by atoms with Crippen LogP contribution in [0.4, 0.5) is 11.4 Å². The van der Waals surface area contributed by atoms with Crippen molar-refractivity contribution in [2.24, 2.45) is 0 Å². The molecular formula is C16H16N2O5. The molecule has 7 heteroatoms. The SMILES string of the molecule is CCOc1ccc([N+](=O)[O-])cc1C(=O)Nc1ccc(OC)cc1. The fraction of sp³-hybridized carbons (Fsp3) is 0.188. The average Bonchev–Trinajstić information content (AvgIpc) is 2.56. The summed E-state index contributed by atoms with van der Waals surface area (Å²) in [6, 6.07) is 10.7. The second kappa shape index (κ2) is 7.26. The number of methoxy groups -OCH3 is 1. The number of amides is 1. The van der Waals surface area contributed by atoms with Gasteiger partial charge in [0.2, 0.25) is 0 Å².